The Morgan fingerprint density at radius 3 is 2.48 bits per heavy atom. The Hall–Kier alpha value is -2.17. The van der Waals surface area contributed by atoms with Crippen LogP contribution in [-0.2, 0) is 6.42 Å². The average molecular weight is 392 g/mol. The van der Waals surface area contributed by atoms with Gasteiger partial charge >= 0.3 is 0 Å². The molecule has 2 fully saturated rings. The fourth-order valence-corrected chi connectivity index (χ4v) is 5.25. The number of primary amides is 1. The molecule has 2 atom stereocenters. The highest BCUT2D eigenvalue weighted by Crippen LogP contribution is 2.42. The van der Waals surface area contributed by atoms with E-state index in [1.54, 1.807) is 0 Å². The highest BCUT2D eigenvalue weighted by molar-refractivity contribution is 5.92. The van der Waals surface area contributed by atoms with Crippen molar-refractivity contribution in [2.45, 2.75) is 56.5 Å². The first kappa shape index (κ1) is 20.1. The molecule has 29 heavy (non-hydrogen) atoms. The lowest BCUT2D eigenvalue weighted by Crippen LogP contribution is -2.45. The van der Waals surface area contributed by atoms with Gasteiger partial charge in [0.1, 0.15) is 0 Å². The van der Waals surface area contributed by atoms with Crippen molar-refractivity contribution in [3.05, 3.63) is 71.3 Å². The third kappa shape index (κ3) is 5.06. The summed E-state index contributed by atoms with van der Waals surface area (Å²) in [5, 5.41) is 3.64. The molecule has 0 aromatic heterocycles. The molecule has 4 nitrogen and oxygen atoms in total. The number of piperidine rings is 1. The van der Waals surface area contributed by atoms with Gasteiger partial charge in [0.05, 0.1) is 0 Å². The first-order chi connectivity index (χ1) is 14.2. The van der Waals surface area contributed by atoms with Crippen LogP contribution in [0.25, 0.3) is 0 Å². The van der Waals surface area contributed by atoms with Gasteiger partial charge in [-0.2, -0.15) is 0 Å². The molecule has 3 N–H and O–H groups in total. The number of carbonyl (C=O) groups is 1. The zero-order chi connectivity index (χ0) is 20.1. The molecular weight excluding hydrogens is 358 g/mol. The van der Waals surface area contributed by atoms with Crippen LogP contribution in [-0.4, -0.2) is 42.5 Å². The summed E-state index contributed by atoms with van der Waals surface area (Å²) in [4.78, 5) is 14.2. The number of amides is 1. The van der Waals surface area contributed by atoms with Gasteiger partial charge in [-0.25, -0.2) is 0 Å². The van der Waals surface area contributed by atoms with Gasteiger partial charge in [0.25, 0.3) is 0 Å². The van der Waals surface area contributed by atoms with E-state index in [9.17, 15) is 4.79 Å². The molecule has 0 aliphatic carbocycles. The van der Waals surface area contributed by atoms with Crippen molar-refractivity contribution in [3.8, 4) is 0 Å². The lowest BCUT2D eigenvalue weighted by Gasteiger charge is -2.39. The highest BCUT2D eigenvalue weighted by atomic mass is 16.1. The Morgan fingerprint density at radius 2 is 1.76 bits per heavy atom. The number of benzene rings is 2. The van der Waals surface area contributed by atoms with Crippen LogP contribution in [0.15, 0.2) is 54.6 Å². The maximum Gasteiger partial charge on any atom is 0.248 e. The van der Waals surface area contributed by atoms with E-state index in [0.717, 1.165) is 26.1 Å². The molecule has 2 aromatic rings. The number of carbonyl (C=O) groups excluding carboxylic acids is 1. The summed E-state index contributed by atoms with van der Waals surface area (Å²) in [6.07, 6.45) is 7.36. The SMILES string of the molecule is NC(=O)c1cccc(C2CC3CCC(C2)N3CCNCCCc2ccccc2)c1. The van der Waals surface area contributed by atoms with E-state index in [1.807, 2.05) is 18.2 Å². The minimum Gasteiger partial charge on any atom is -0.366 e. The third-order valence-corrected chi connectivity index (χ3v) is 6.74. The molecule has 4 rings (SSSR count). The molecule has 2 unspecified atom stereocenters. The van der Waals surface area contributed by atoms with Gasteiger partial charge < -0.3 is 11.1 Å². The quantitative estimate of drug-likeness (QED) is 0.641. The normalized spacial score (nSPS) is 23.9. The van der Waals surface area contributed by atoms with Crippen LogP contribution in [0.4, 0.5) is 0 Å². The van der Waals surface area contributed by atoms with Crippen LogP contribution < -0.4 is 11.1 Å². The monoisotopic (exact) mass is 391 g/mol. The van der Waals surface area contributed by atoms with E-state index in [4.69, 9.17) is 5.73 Å². The zero-order valence-corrected chi connectivity index (χ0v) is 17.2. The Balaban J connectivity index is 1.21. The summed E-state index contributed by atoms with van der Waals surface area (Å²) in [5.41, 5.74) is 8.82. The number of nitrogens with one attached hydrogen (secondary N) is 1. The lowest BCUT2D eigenvalue weighted by molar-refractivity contribution is 0.1000. The molecule has 2 saturated heterocycles. The fraction of sp³-hybridized carbons (Fsp3) is 0.480. The first-order valence-corrected chi connectivity index (χ1v) is 11.1. The van der Waals surface area contributed by atoms with Crippen LogP contribution >= 0.6 is 0 Å². The van der Waals surface area contributed by atoms with Crippen molar-refractivity contribution in [1.82, 2.24) is 10.2 Å². The van der Waals surface area contributed by atoms with Crippen LogP contribution in [0.1, 0.15) is 59.5 Å². The summed E-state index contributed by atoms with van der Waals surface area (Å²) >= 11 is 0. The Kier molecular flexibility index (Phi) is 6.63. The van der Waals surface area contributed by atoms with Crippen LogP contribution in [0, 0.1) is 0 Å². The number of hydrogen-bond acceptors (Lipinski definition) is 3. The van der Waals surface area contributed by atoms with Gasteiger partial charge in [0.15, 0.2) is 0 Å². The number of hydrogen-bond donors (Lipinski definition) is 2. The molecule has 4 heteroatoms. The number of nitrogens with zero attached hydrogens (tertiary/aromatic N) is 1. The Labute approximate surface area is 174 Å². The number of aryl methyl sites for hydroxylation is 1. The van der Waals surface area contributed by atoms with Crippen molar-refractivity contribution in [1.29, 1.82) is 0 Å². The van der Waals surface area contributed by atoms with Gasteiger partial charge in [-0.15, -0.1) is 0 Å². The summed E-state index contributed by atoms with van der Waals surface area (Å²) < 4.78 is 0. The predicted octanol–water partition coefficient (Wildman–Crippen LogP) is 3.72. The topological polar surface area (TPSA) is 58.4 Å². The lowest BCUT2D eigenvalue weighted by atomic mass is 9.84. The molecule has 2 heterocycles. The summed E-state index contributed by atoms with van der Waals surface area (Å²) in [7, 11) is 0. The van der Waals surface area contributed by atoms with Crippen LogP contribution in [0.5, 0.6) is 0 Å². The van der Waals surface area contributed by atoms with Crippen molar-refractivity contribution < 1.29 is 4.79 Å². The minimum atomic E-state index is -0.328. The molecule has 0 saturated carbocycles. The molecule has 154 valence electrons. The number of fused-ring (bicyclic) bond motifs is 2. The number of rotatable bonds is 9. The maximum absolute atomic E-state index is 11.5. The maximum atomic E-state index is 11.5. The van der Waals surface area contributed by atoms with E-state index in [2.05, 4.69) is 46.6 Å². The summed E-state index contributed by atoms with van der Waals surface area (Å²) in [5.74, 6) is 0.229. The summed E-state index contributed by atoms with van der Waals surface area (Å²) in [6, 6.07) is 20.1. The second kappa shape index (κ2) is 9.55. The molecule has 1 amide bonds. The zero-order valence-electron chi connectivity index (χ0n) is 17.2. The molecule has 2 aliphatic heterocycles. The minimum absolute atomic E-state index is 0.328. The van der Waals surface area contributed by atoms with Gasteiger partial charge in [0, 0.05) is 30.7 Å². The smallest absolute Gasteiger partial charge is 0.248 e. The van der Waals surface area contributed by atoms with Crippen LogP contribution in [0.3, 0.4) is 0 Å². The molecule has 2 aromatic carbocycles. The molecule has 0 spiro atoms. The average Bonchev–Trinajstić information content (AvgIpc) is 2.98. The van der Waals surface area contributed by atoms with E-state index in [-0.39, 0.29) is 5.91 Å². The largest absolute Gasteiger partial charge is 0.366 e. The van der Waals surface area contributed by atoms with Crippen molar-refractivity contribution >= 4 is 5.91 Å². The van der Waals surface area contributed by atoms with E-state index >= 15 is 0 Å². The van der Waals surface area contributed by atoms with Gasteiger partial charge in [-0.3, -0.25) is 9.69 Å². The Morgan fingerprint density at radius 1 is 1.00 bits per heavy atom. The number of nitrogens with two attached hydrogens (primary N) is 1. The predicted molar refractivity (Wildman–Crippen MR) is 118 cm³/mol. The third-order valence-electron chi connectivity index (χ3n) is 6.74. The van der Waals surface area contributed by atoms with Crippen molar-refractivity contribution in [2.24, 2.45) is 5.73 Å². The highest BCUT2D eigenvalue weighted by Gasteiger charge is 2.40. The second-order valence-corrected chi connectivity index (χ2v) is 8.62. The Bertz CT molecular complexity index is 793. The fourth-order valence-electron chi connectivity index (χ4n) is 5.25. The van der Waals surface area contributed by atoms with Crippen molar-refractivity contribution in [2.75, 3.05) is 19.6 Å². The molecular formula is C25H33N3O. The standard InChI is InChI=1S/C25H33N3O/c26-25(29)21-10-4-9-20(16-21)22-17-23-11-12-24(18-22)28(23)15-14-27-13-5-8-19-6-2-1-3-7-19/h1-4,6-7,9-10,16,22-24,27H,5,8,11-15,17-18H2,(H2,26,29). The molecule has 0 radical (unpaired) electrons. The molecule has 2 bridgehead atoms. The van der Waals surface area contributed by atoms with E-state index in [0.29, 0.717) is 23.6 Å². The van der Waals surface area contributed by atoms with Crippen LogP contribution in [0.2, 0.25) is 0 Å². The molecule has 2 aliphatic rings. The first-order valence-electron chi connectivity index (χ1n) is 11.1. The van der Waals surface area contributed by atoms with Gasteiger partial charge in [-0.1, -0.05) is 42.5 Å². The van der Waals surface area contributed by atoms with E-state index < -0.39 is 0 Å². The summed E-state index contributed by atoms with van der Waals surface area (Å²) in [6.45, 7) is 3.30. The second-order valence-electron chi connectivity index (χ2n) is 8.62. The van der Waals surface area contributed by atoms with Crippen molar-refractivity contribution in [3.63, 3.8) is 0 Å². The van der Waals surface area contributed by atoms with Gasteiger partial charge in [-0.05, 0) is 74.2 Å². The van der Waals surface area contributed by atoms with E-state index in [1.165, 1.54) is 43.2 Å². The van der Waals surface area contributed by atoms with Gasteiger partial charge in [0.2, 0.25) is 5.91 Å².